The summed E-state index contributed by atoms with van der Waals surface area (Å²) in [5.41, 5.74) is 2.90. The average molecular weight is 471 g/mol. The van der Waals surface area contributed by atoms with Crippen molar-refractivity contribution in [2.75, 3.05) is 6.61 Å². The van der Waals surface area contributed by atoms with E-state index in [4.69, 9.17) is 19.3 Å². The van der Waals surface area contributed by atoms with Crippen LogP contribution in [-0.2, 0) is 11.2 Å². The third-order valence-electron chi connectivity index (χ3n) is 6.62. The molecular weight excluding hydrogens is 449 g/mol. The minimum Gasteiger partial charge on any atom is -0.492 e. The van der Waals surface area contributed by atoms with Crippen LogP contribution in [0, 0.1) is 5.82 Å². The molecule has 0 saturated heterocycles. The molecule has 0 spiro atoms. The highest BCUT2D eigenvalue weighted by atomic mass is 19.1. The Labute approximate surface area is 200 Å². The smallest absolute Gasteiger partial charge is 0.304 e. The minimum atomic E-state index is -0.859. The van der Waals surface area contributed by atoms with Crippen molar-refractivity contribution in [2.24, 2.45) is 0 Å². The summed E-state index contributed by atoms with van der Waals surface area (Å²) in [5, 5.41) is 10.1. The fraction of sp³-hybridized carbons (Fsp3) is 0.214. The van der Waals surface area contributed by atoms with Crippen molar-refractivity contribution in [3.05, 3.63) is 89.4 Å². The van der Waals surface area contributed by atoms with Gasteiger partial charge >= 0.3 is 5.97 Å². The lowest BCUT2D eigenvalue weighted by Crippen LogP contribution is -2.07. The molecule has 176 valence electrons. The lowest BCUT2D eigenvalue weighted by molar-refractivity contribution is -0.137. The Bertz CT molecular complexity index is 1450. The van der Waals surface area contributed by atoms with Gasteiger partial charge < -0.3 is 19.3 Å². The summed E-state index contributed by atoms with van der Waals surface area (Å²) in [4.78, 5) is 15.5. The highest BCUT2D eigenvalue weighted by molar-refractivity contribution is 5.84. The molecule has 1 N–H and O–H groups in total. The maximum absolute atomic E-state index is 15.0. The van der Waals surface area contributed by atoms with E-state index in [-0.39, 0.29) is 18.2 Å². The fourth-order valence-corrected chi connectivity index (χ4v) is 5.01. The number of pyridine rings is 1. The molecule has 7 heteroatoms. The Morgan fingerprint density at radius 1 is 1.11 bits per heavy atom. The number of aliphatic carboxylic acids is 1. The first-order valence-corrected chi connectivity index (χ1v) is 11.5. The number of ether oxygens (including phenoxy) is 3. The van der Waals surface area contributed by atoms with Gasteiger partial charge in [-0.2, -0.15) is 0 Å². The Morgan fingerprint density at radius 2 is 2.00 bits per heavy atom. The first-order chi connectivity index (χ1) is 17.1. The number of hydrogen-bond donors (Lipinski definition) is 1. The van der Waals surface area contributed by atoms with Gasteiger partial charge in [-0.1, -0.05) is 24.3 Å². The van der Waals surface area contributed by atoms with Crippen molar-refractivity contribution in [3.63, 3.8) is 0 Å². The normalized spacial score (nSPS) is 18.1. The van der Waals surface area contributed by atoms with E-state index in [0.717, 1.165) is 22.0 Å². The number of fused-ring (bicyclic) bond motifs is 3. The fourth-order valence-electron chi connectivity index (χ4n) is 5.01. The largest absolute Gasteiger partial charge is 0.492 e. The Kier molecular flexibility index (Phi) is 5.25. The van der Waals surface area contributed by atoms with E-state index in [9.17, 15) is 9.18 Å². The van der Waals surface area contributed by atoms with Gasteiger partial charge in [0.15, 0.2) is 5.75 Å². The molecule has 0 saturated carbocycles. The average Bonchev–Trinajstić information content (AvgIpc) is 3.45. The molecule has 0 bridgehead atoms. The third-order valence-corrected chi connectivity index (χ3v) is 6.62. The Balaban J connectivity index is 1.27. The summed E-state index contributed by atoms with van der Waals surface area (Å²) < 4.78 is 33.1. The zero-order valence-electron chi connectivity index (χ0n) is 18.7. The number of carbonyl (C=O) groups is 1. The summed E-state index contributed by atoms with van der Waals surface area (Å²) >= 11 is 0. The van der Waals surface area contributed by atoms with Crippen molar-refractivity contribution in [1.82, 2.24) is 4.98 Å². The number of carboxylic acid groups (broad SMARTS) is 1. The number of carboxylic acids is 1. The number of benzene rings is 3. The van der Waals surface area contributed by atoms with Crippen LogP contribution >= 0.6 is 0 Å². The summed E-state index contributed by atoms with van der Waals surface area (Å²) in [6.07, 6.45) is 2.50. The molecule has 3 aromatic carbocycles. The molecule has 0 fully saturated rings. The van der Waals surface area contributed by atoms with E-state index in [1.54, 1.807) is 24.4 Å². The van der Waals surface area contributed by atoms with Crippen molar-refractivity contribution in [3.8, 4) is 23.0 Å². The van der Waals surface area contributed by atoms with Crippen molar-refractivity contribution in [1.29, 1.82) is 0 Å². The van der Waals surface area contributed by atoms with Crippen molar-refractivity contribution in [2.45, 2.75) is 31.3 Å². The summed E-state index contributed by atoms with van der Waals surface area (Å²) in [6.45, 7) is 0.329. The molecule has 6 rings (SSSR count). The quantitative estimate of drug-likeness (QED) is 0.362. The van der Waals surface area contributed by atoms with Gasteiger partial charge in [-0.15, -0.1) is 0 Å². The van der Waals surface area contributed by atoms with Crippen molar-refractivity contribution < 1.29 is 28.5 Å². The highest BCUT2D eigenvalue weighted by Gasteiger charge is 2.32. The van der Waals surface area contributed by atoms with Crippen LogP contribution in [0.4, 0.5) is 4.39 Å². The molecule has 0 unspecified atom stereocenters. The Hall–Kier alpha value is -4.13. The first kappa shape index (κ1) is 21.4. The van der Waals surface area contributed by atoms with E-state index < -0.39 is 12.1 Å². The zero-order valence-corrected chi connectivity index (χ0v) is 18.7. The van der Waals surface area contributed by atoms with Gasteiger partial charge in [-0.3, -0.25) is 9.78 Å². The molecule has 6 nitrogen and oxygen atoms in total. The second-order valence-corrected chi connectivity index (χ2v) is 8.82. The number of aromatic nitrogens is 1. The number of rotatable bonds is 6. The second-order valence-electron chi connectivity index (χ2n) is 8.82. The number of halogens is 1. The van der Waals surface area contributed by atoms with Gasteiger partial charge in [0.25, 0.3) is 0 Å². The topological polar surface area (TPSA) is 77.9 Å². The summed E-state index contributed by atoms with van der Waals surface area (Å²) in [6, 6.07) is 18.0. The van der Waals surface area contributed by atoms with Crippen LogP contribution in [0.5, 0.6) is 23.0 Å². The molecule has 0 radical (unpaired) electrons. The maximum Gasteiger partial charge on any atom is 0.304 e. The van der Waals surface area contributed by atoms with Gasteiger partial charge in [0.1, 0.15) is 34.7 Å². The minimum absolute atomic E-state index is 0.0173. The molecule has 1 aliphatic carbocycles. The molecule has 0 amide bonds. The molecule has 2 heterocycles. The van der Waals surface area contributed by atoms with Gasteiger partial charge in [0, 0.05) is 40.3 Å². The lowest BCUT2D eigenvalue weighted by atomic mass is 9.98. The van der Waals surface area contributed by atoms with Crippen LogP contribution in [0.1, 0.15) is 41.6 Å². The second kappa shape index (κ2) is 8.58. The van der Waals surface area contributed by atoms with E-state index in [2.05, 4.69) is 4.98 Å². The predicted octanol–water partition coefficient (Wildman–Crippen LogP) is 6.18. The van der Waals surface area contributed by atoms with Crippen LogP contribution in [-0.4, -0.2) is 22.7 Å². The number of nitrogens with zero attached hydrogens (tertiary/aromatic N) is 1. The van der Waals surface area contributed by atoms with Crippen LogP contribution in [0.2, 0.25) is 0 Å². The third kappa shape index (κ3) is 3.93. The van der Waals surface area contributed by atoms with Gasteiger partial charge in [0.2, 0.25) is 0 Å². The standard InChI is InChI=1S/C28H22FNO5/c29-21-9-11-22(35-24-5-1-3-16-4-2-12-30-28(16)24)20-8-10-23(27(20)21)34-18-6-7-19-17(13-26(31)32)15-33-25(19)14-18/h1-7,9,11-12,14,17,23H,8,10,13,15H2,(H,31,32)/t17-,23-/m1/s1. The van der Waals surface area contributed by atoms with E-state index in [1.807, 2.05) is 36.4 Å². The molecule has 2 atom stereocenters. The molecule has 4 aromatic rings. The van der Waals surface area contributed by atoms with E-state index in [0.29, 0.717) is 48.0 Å². The first-order valence-electron chi connectivity index (χ1n) is 11.5. The Morgan fingerprint density at radius 3 is 2.89 bits per heavy atom. The number of hydrogen-bond acceptors (Lipinski definition) is 5. The molecule has 1 aliphatic heterocycles. The lowest BCUT2D eigenvalue weighted by Gasteiger charge is -2.17. The van der Waals surface area contributed by atoms with Crippen LogP contribution in [0.3, 0.4) is 0 Å². The zero-order chi connectivity index (χ0) is 23.9. The van der Waals surface area contributed by atoms with Gasteiger partial charge in [-0.05, 0) is 43.2 Å². The predicted molar refractivity (Wildman–Crippen MR) is 127 cm³/mol. The monoisotopic (exact) mass is 471 g/mol. The SMILES string of the molecule is O=C(O)C[C@@H]1COc2cc(O[C@@H]3CCc4c(Oc5cccc6cccnc56)ccc(F)c43)ccc21. The molecular formula is C28H22FNO5. The van der Waals surface area contributed by atoms with Gasteiger partial charge in [0.05, 0.1) is 13.0 Å². The highest BCUT2D eigenvalue weighted by Crippen LogP contribution is 2.44. The summed E-state index contributed by atoms with van der Waals surface area (Å²) in [7, 11) is 0. The molecule has 2 aliphatic rings. The molecule has 1 aromatic heterocycles. The maximum atomic E-state index is 15.0. The van der Waals surface area contributed by atoms with Gasteiger partial charge in [-0.25, -0.2) is 4.39 Å². The number of para-hydroxylation sites is 1. The van der Waals surface area contributed by atoms with Crippen molar-refractivity contribution >= 4 is 16.9 Å². The van der Waals surface area contributed by atoms with Crippen LogP contribution < -0.4 is 14.2 Å². The molecule has 35 heavy (non-hydrogen) atoms. The van der Waals surface area contributed by atoms with E-state index in [1.165, 1.54) is 6.07 Å². The van der Waals surface area contributed by atoms with Crippen LogP contribution in [0.15, 0.2) is 66.9 Å². The summed E-state index contributed by atoms with van der Waals surface area (Å²) in [5.74, 6) is 1.03. The van der Waals surface area contributed by atoms with Crippen LogP contribution in [0.25, 0.3) is 10.9 Å². The van der Waals surface area contributed by atoms with E-state index >= 15 is 0 Å².